The third-order valence-electron chi connectivity index (χ3n) is 7.07. The van der Waals surface area contributed by atoms with E-state index < -0.39 is 10.0 Å². The number of piperidine rings is 2. The SMILES string of the molecule is CC1C(Nc2ncnc3[nH]ncc23)CCCN1C.O=CCNc1ccccc1S(=O)(=O)N1CCCCC1. The largest absolute Gasteiger partial charge is 0.377 e. The van der Waals surface area contributed by atoms with Crippen molar-refractivity contribution in [3.63, 3.8) is 0 Å². The average molecular weight is 529 g/mol. The van der Waals surface area contributed by atoms with E-state index in [-0.39, 0.29) is 11.4 Å². The van der Waals surface area contributed by atoms with E-state index in [1.165, 1.54) is 23.7 Å². The molecule has 11 nitrogen and oxygen atoms in total. The fraction of sp³-hybridized carbons (Fsp3) is 0.520. The topological polar surface area (TPSA) is 136 Å². The number of fused-ring (bicyclic) bond motifs is 1. The Kier molecular flexibility index (Phi) is 9.06. The summed E-state index contributed by atoms with van der Waals surface area (Å²) in [5.41, 5.74) is 1.27. The number of nitrogens with one attached hydrogen (secondary N) is 3. The second-order valence-corrected chi connectivity index (χ2v) is 11.4. The van der Waals surface area contributed by atoms with E-state index >= 15 is 0 Å². The lowest BCUT2D eigenvalue weighted by Gasteiger charge is -2.37. The average Bonchev–Trinajstić information content (AvgIpc) is 3.41. The highest BCUT2D eigenvalue weighted by Gasteiger charge is 2.28. The van der Waals surface area contributed by atoms with Crippen molar-refractivity contribution in [2.75, 3.05) is 43.9 Å². The van der Waals surface area contributed by atoms with Crippen molar-refractivity contribution in [3.8, 4) is 0 Å². The summed E-state index contributed by atoms with van der Waals surface area (Å²) in [6.45, 7) is 4.68. The van der Waals surface area contributed by atoms with E-state index in [1.54, 1.807) is 36.8 Å². The molecular weight excluding hydrogens is 492 g/mol. The number of anilines is 2. The number of para-hydroxylation sites is 1. The van der Waals surface area contributed by atoms with Gasteiger partial charge in [0.25, 0.3) is 0 Å². The summed E-state index contributed by atoms with van der Waals surface area (Å²) in [5, 5.41) is 14.2. The van der Waals surface area contributed by atoms with Crippen LogP contribution in [0.15, 0.2) is 41.7 Å². The number of aldehydes is 1. The molecule has 5 rings (SSSR count). The van der Waals surface area contributed by atoms with Gasteiger partial charge in [-0.2, -0.15) is 9.40 Å². The number of likely N-dealkylation sites (tertiary alicyclic amines) is 1. The van der Waals surface area contributed by atoms with E-state index in [0.29, 0.717) is 37.1 Å². The molecule has 200 valence electrons. The molecule has 0 amide bonds. The Morgan fingerprint density at radius 3 is 2.68 bits per heavy atom. The summed E-state index contributed by atoms with van der Waals surface area (Å²) in [4.78, 5) is 21.5. The van der Waals surface area contributed by atoms with E-state index in [4.69, 9.17) is 0 Å². The normalized spacial score (nSPS) is 21.1. The van der Waals surface area contributed by atoms with Crippen LogP contribution in [0.3, 0.4) is 0 Å². The molecule has 3 aromatic rings. The molecule has 37 heavy (non-hydrogen) atoms. The number of hydrogen-bond donors (Lipinski definition) is 3. The molecule has 2 saturated heterocycles. The minimum Gasteiger partial charge on any atom is -0.377 e. The highest BCUT2D eigenvalue weighted by molar-refractivity contribution is 7.89. The third-order valence-corrected chi connectivity index (χ3v) is 9.03. The van der Waals surface area contributed by atoms with Gasteiger partial charge in [0.15, 0.2) is 5.65 Å². The summed E-state index contributed by atoms with van der Waals surface area (Å²) in [5.74, 6) is 0.876. The fourth-order valence-corrected chi connectivity index (χ4v) is 6.48. The van der Waals surface area contributed by atoms with Crippen LogP contribution in [0.4, 0.5) is 11.5 Å². The van der Waals surface area contributed by atoms with Gasteiger partial charge in [0.2, 0.25) is 10.0 Å². The first kappa shape index (κ1) is 27.0. The maximum atomic E-state index is 12.6. The number of H-pyrrole nitrogens is 1. The van der Waals surface area contributed by atoms with Gasteiger partial charge in [0.1, 0.15) is 23.3 Å². The van der Waals surface area contributed by atoms with Gasteiger partial charge < -0.3 is 20.3 Å². The fourth-order valence-electron chi connectivity index (χ4n) is 4.79. The number of rotatable bonds is 7. The number of carbonyl (C=O) groups excluding carboxylic acids is 1. The van der Waals surface area contributed by atoms with Crippen molar-refractivity contribution >= 4 is 38.8 Å². The molecule has 3 N–H and O–H groups in total. The third kappa shape index (κ3) is 6.43. The summed E-state index contributed by atoms with van der Waals surface area (Å²) in [6, 6.07) is 7.65. The van der Waals surface area contributed by atoms with Gasteiger partial charge in [-0.1, -0.05) is 18.6 Å². The first-order valence-corrected chi connectivity index (χ1v) is 14.2. The molecule has 2 aromatic heterocycles. The van der Waals surface area contributed by atoms with Gasteiger partial charge in [-0.05, 0) is 58.3 Å². The zero-order valence-corrected chi connectivity index (χ0v) is 22.2. The molecule has 0 radical (unpaired) electrons. The minimum atomic E-state index is -3.47. The lowest BCUT2D eigenvalue weighted by atomic mass is 9.98. The highest BCUT2D eigenvalue weighted by Crippen LogP contribution is 2.26. The number of hydrogen-bond acceptors (Lipinski definition) is 9. The molecule has 2 atom stereocenters. The highest BCUT2D eigenvalue weighted by atomic mass is 32.2. The second kappa shape index (κ2) is 12.4. The number of benzene rings is 1. The molecule has 0 bridgehead atoms. The lowest BCUT2D eigenvalue weighted by molar-refractivity contribution is -0.106. The quantitative estimate of drug-likeness (QED) is 0.395. The number of aromatic nitrogens is 4. The van der Waals surface area contributed by atoms with E-state index in [2.05, 4.69) is 49.7 Å². The first-order valence-electron chi connectivity index (χ1n) is 12.8. The molecule has 2 aliphatic rings. The summed E-state index contributed by atoms with van der Waals surface area (Å²) < 4.78 is 26.7. The predicted molar refractivity (Wildman–Crippen MR) is 144 cm³/mol. The van der Waals surface area contributed by atoms with Gasteiger partial charge in [0, 0.05) is 25.2 Å². The second-order valence-electron chi connectivity index (χ2n) is 9.48. The van der Waals surface area contributed by atoms with Crippen molar-refractivity contribution < 1.29 is 13.2 Å². The van der Waals surface area contributed by atoms with E-state index in [1.807, 2.05) is 0 Å². The van der Waals surface area contributed by atoms with Gasteiger partial charge in [0.05, 0.1) is 23.8 Å². The zero-order chi connectivity index (χ0) is 26.3. The smallest absolute Gasteiger partial charge is 0.245 e. The van der Waals surface area contributed by atoms with Crippen molar-refractivity contribution in [1.82, 2.24) is 29.4 Å². The Labute approximate surface area is 218 Å². The molecule has 4 heterocycles. The molecule has 0 saturated carbocycles. The number of sulfonamides is 1. The van der Waals surface area contributed by atoms with Crippen LogP contribution in [0.1, 0.15) is 39.0 Å². The Hall–Kier alpha value is -3.09. The van der Waals surface area contributed by atoms with E-state index in [0.717, 1.165) is 36.1 Å². The molecule has 0 aliphatic carbocycles. The molecular formula is C25H36N8O3S. The lowest BCUT2D eigenvalue weighted by Crippen LogP contribution is -2.47. The Bertz CT molecular complexity index is 1280. The number of nitrogens with zero attached hydrogens (tertiary/aromatic N) is 5. The van der Waals surface area contributed by atoms with Crippen LogP contribution in [-0.4, -0.2) is 89.4 Å². The Morgan fingerprint density at radius 2 is 1.89 bits per heavy atom. The summed E-state index contributed by atoms with van der Waals surface area (Å²) in [7, 11) is -1.30. The minimum absolute atomic E-state index is 0.104. The van der Waals surface area contributed by atoms with Crippen LogP contribution in [0, 0.1) is 0 Å². The van der Waals surface area contributed by atoms with Crippen LogP contribution in [0.25, 0.3) is 11.0 Å². The Balaban J connectivity index is 0.000000173. The number of carbonyl (C=O) groups is 1. The zero-order valence-electron chi connectivity index (χ0n) is 21.4. The van der Waals surface area contributed by atoms with Gasteiger partial charge >= 0.3 is 0 Å². The molecule has 2 fully saturated rings. The van der Waals surface area contributed by atoms with Crippen LogP contribution in [0.5, 0.6) is 0 Å². The van der Waals surface area contributed by atoms with Crippen LogP contribution in [0.2, 0.25) is 0 Å². The van der Waals surface area contributed by atoms with Crippen molar-refractivity contribution in [2.45, 2.75) is 56.0 Å². The van der Waals surface area contributed by atoms with Crippen LogP contribution >= 0.6 is 0 Å². The van der Waals surface area contributed by atoms with Crippen molar-refractivity contribution in [1.29, 1.82) is 0 Å². The molecule has 2 aliphatic heterocycles. The number of likely N-dealkylation sites (N-methyl/N-ethyl adjacent to an activating group) is 1. The predicted octanol–water partition coefficient (Wildman–Crippen LogP) is 2.72. The van der Waals surface area contributed by atoms with Crippen LogP contribution in [-0.2, 0) is 14.8 Å². The summed E-state index contributed by atoms with van der Waals surface area (Å²) >= 11 is 0. The molecule has 2 unspecified atom stereocenters. The van der Waals surface area contributed by atoms with E-state index in [9.17, 15) is 13.2 Å². The molecule has 1 aromatic carbocycles. The maximum absolute atomic E-state index is 12.6. The molecule has 0 spiro atoms. The first-order chi connectivity index (χ1) is 17.9. The maximum Gasteiger partial charge on any atom is 0.245 e. The van der Waals surface area contributed by atoms with Crippen molar-refractivity contribution in [2.24, 2.45) is 0 Å². The Morgan fingerprint density at radius 1 is 1.11 bits per heavy atom. The standard InChI is InChI=1S/C13H18N2O3S.C12H18N6/c16-11-8-14-12-6-2-3-7-13(12)19(17,18)15-9-4-1-5-10-15;1-8-10(4-3-5-18(8)2)16-11-9-6-15-17-12(9)14-7-13-11/h2-3,6-7,11,14H,1,4-5,8-10H2;6-8,10H,3-5H2,1-2H3,(H2,13,14,15,16,17). The summed E-state index contributed by atoms with van der Waals surface area (Å²) in [6.07, 6.45) is 9.34. The monoisotopic (exact) mass is 528 g/mol. The number of aromatic amines is 1. The molecule has 12 heteroatoms. The van der Waals surface area contributed by atoms with Crippen molar-refractivity contribution in [3.05, 3.63) is 36.8 Å². The van der Waals surface area contributed by atoms with Gasteiger partial charge in [-0.25, -0.2) is 18.4 Å². The van der Waals surface area contributed by atoms with Gasteiger partial charge in [-0.15, -0.1) is 0 Å². The van der Waals surface area contributed by atoms with Crippen LogP contribution < -0.4 is 10.6 Å². The van der Waals surface area contributed by atoms with Gasteiger partial charge in [-0.3, -0.25) is 5.10 Å².